The molecule has 3 heterocycles. The van der Waals surface area contributed by atoms with Crippen LogP contribution in [0.3, 0.4) is 0 Å². The molecule has 12 nitrogen and oxygen atoms in total. The number of nitrogens with one attached hydrogen (secondary N) is 2. The van der Waals surface area contributed by atoms with Crippen molar-refractivity contribution in [2.24, 2.45) is 29.6 Å². The summed E-state index contributed by atoms with van der Waals surface area (Å²) in [6, 6.07) is 14.5. The third-order valence-electron chi connectivity index (χ3n) is 11.0. The molecule has 14 heteroatoms. The smallest absolute Gasteiger partial charge is 0.361 e. The van der Waals surface area contributed by atoms with Gasteiger partial charge < -0.3 is 34.3 Å². The van der Waals surface area contributed by atoms with Gasteiger partial charge in [0.15, 0.2) is 6.29 Å². The number of hydrogen-bond acceptors (Lipinski definition) is 10. The number of fused-ring (bicyclic) bond motifs is 1. The molecule has 3 unspecified atom stereocenters. The van der Waals surface area contributed by atoms with E-state index >= 15 is 0 Å². The largest absolute Gasteiger partial charge is 0.390 e. The molecule has 2 aromatic carbocycles. The third-order valence-corrected chi connectivity index (χ3v) is 14.9. The van der Waals surface area contributed by atoms with Gasteiger partial charge >= 0.3 is 7.60 Å². The van der Waals surface area contributed by atoms with Gasteiger partial charge in [-0.25, -0.2) is 8.42 Å². The molecule has 1 saturated carbocycles. The summed E-state index contributed by atoms with van der Waals surface area (Å²) in [4.78, 5) is 14.7. The van der Waals surface area contributed by atoms with Gasteiger partial charge in [0.25, 0.3) is 0 Å². The van der Waals surface area contributed by atoms with Gasteiger partial charge in [0, 0.05) is 19.0 Å². The number of hydrogen-bond donors (Lipinski definition) is 3. The first-order valence-electron chi connectivity index (χ1n) is 18.4. The Morgan fingerprint density at radius 1 is 1.04 bits per heavy atom. The summed E-state index contributed by atoms with van der Waals surface area (Å²) in [5.74, 6) is 0.544. The van der Waals surface area contributed by atoms with Crippen molar-refractivity contribution in [1.29, 1.82) is 0 Å². The Labute approximate surface area is 302 Å². The van der Waals surface area contributed by atoms with Gasteiger partial charge in [-0.15, -0.1) is 0 Å². The zero-order chi connectivity index (χ0) is 36.4. The van der Waals surface area contributed by atoms with Crippen LogP contribution in [-0.2, 0) is 44.3 Å². The van der Waals surface area contributed by atoms with Crippen molar-refractivity contribution in [2.75, 3.05) is 46.1 Å². The van der Waals surface area contributed by atoms with Crippen molar-refractivity contribution in [3.63, 3.8) is 0 Å². The van der Waals surface area contributed by atoms with Crippen molar-refractivity contribution in [3.8, 4) is 0 Å². The average molecular weight is 748 g/mol. The van der Waals surface area contributed by atoms with Crippen LogP contribution >= 0.6 is 7.60 Å². The molecule has 0 radical (unpaired) electrons. The Morgan fingerprint density at radius 3 is 2.35 bits per heavy atom. The summed E-state index contributed by atoms with van der Waals surface area (Å²) >= 11 is 0. The highest BCUT2D eigenvalue weighted by atomic mass is 32.2. The van der Waals surface area contributed by atoms with E-state index < -0.39 is 35.3 Å². The Morgan fingerprint density at radius 2 is 1.73 bits per heavy atom. The molecule has 1 amide bonds. The van der Waals surface area contributed by atoms with Gasteiger partial charge in [0.1, 0.15) is 5.54 Å². The minimum absolute atomic E-state index is 0.0111. The quantitative estimate of drug-likeness (QED) is 0.205. The normalized spacial score (nSPS) is 28.7. The van der Waals surface area contributed by atoms with Gasteiger partial charge in [-0.2, -0.15) is 4.31 Å². The first kappa shape index (κ1) is 38.5. The number of rotatable bonds is 17. The van der Waals surface area contributed by atoms with Crippen LogP contribution in [0.15, 0.2) is 59.5 Å². The molecule has 282 valence electrons. The van der Waals surface area contributed by atoms with Crippen LogP contribution in [-0.4, -0.2) is 93.8 Å². The fourth-order valence-electron chi connectivity index (χ4n) is 8.82. The number of carbonyl (C=O) groups excluding carboxylic acids is 1. The van der Waals surface area contributed by atoms with Gasteiger partial charge in [0.2, 0.25) is 15.9 Å². The number of amides is 1. The number of carbonyl (C=O) groups is 1. The predicted octanol–water partition coefficient (Wildman–Crippen LogP) is 3.69. The van der Waals surface area contributed by atoms with Crippen LogP contribution in [0.5, 0.6) is 0 Å². The molecule has 0 aromatic heterocycles. The van der Waals surface area contributed by atoms with E-state index in [-0.39, 0.29) is 78.3 Å². The SMILES string of the molecule is CCOP(=O)(OCC)c1ccc(S(=O)(=O)N(CC(C)C)C[C@@H](O)[C@H](Cc2ccccc2)NC(=O)C2([C@H]3C4CO[C@H]5OC[C@@H]3C5C4)CCCN2)cc1. The van der Waals surface area contributed by atoms with E-state index in [2.05, 4.69) is 10.6 Å². The number of aliphatic hydroxyl groups excluding tert-OH is 1. The van der Waals surface area contributed by atoms with Gasteiger partial charge in [-0.05, 0) is 99.6 Å². The highest BCUT2D eigenvalue weighted by molar-refractivity contribution is 7.89. The summed E-state index contributed by atoms with van der Waals surface area (Å²) in [6.45, 7) is 9.34. The molecule has 3 N–H and O–H groups in total. The molecule has 3 saturated heterocycles. The minimum atomic E-state index is -4.12. The van der Waals surface area contributed by atoms with Gasteiger partial charge in [-0.1, -0.05) is 44.2 Å². The topological polar surface area (TPSA) is 153 Å². The first-order chi connectivity index (χ1) is 24.4. The molecule has 3 aliphatic heterocycles. The average Bonchev–Trinajstić information content (AvgIpc) is 3.82. The van der Waals surface area contributed by atoms with Crippen LogP contribution < -0.4 is 15.9 Å². The number of ether oxygens (including phenoxy) is 2. The van der Waals surface area contributed by atoms with E-state index in [0.717, 1.165) is 24.9 Å². The minimum Gasteiger partial charge on any atom is -0.390 e. The fraction of sp³-hybridized carbons (Fsp3) is 0.649. The van der Waals surface area contributed by atoms with Crippen molar-refractivity contribution in [1.82, 2.24) is 14.9 Å². The molecule has 6 rings (SSSR count). The summed E-state index contributed by atoms with van der Waals surface area (Å²) in [5.41, 5.74) is 0.0766. The molecule has 2 aromatic rings. The van der Waals surface area contributed by atoms with E-state index in [1.165, 1.54) is 28.6 Å². The highest BCUT2D eigenvalue weighted by Gasteiger charge is 2.63. The lowest BCUT2D eigenvalue weighted by atomic mass is 9.71. The predicted molar refractivity (Wildman–Crippen MR) is 193 cm³/mol. The first-order valence-corrected chi connectivity index (χ1v) is 21.4. The van der Waals surface area contributed by atoms with Crippen molar-refractivity contribution < 1.29 is 41.4 Å². The summed E-state index contributed by atoms with van der Waals surface area (Å²) < 4.78 is 65.9. The van der Waals surface area contributed by atoms with Crippen LogP contribution in [0.4, 0.5) is 0 Å². The van der Waals surface area contributed by atoms with Crippen LogP contribution in [0, 0.1) is 29.6 Å². The van der Waals surface area contributed by atoms with Crippen molar-refractivity contribution >= 4 is 28.8 Å². The summed E-state index contributed by atoms with van der Waals surface area (Å²) in [6.07, 6.45) is 1.38. The highest BCUT2D eigenvalue weighted by Crippen LogP contribution is 2.56. The molecular weight excluding hydrogens is 693 g/mol. The molecule has 0 spiro atoms. The van der Waals surface area contributed by atoms with Gasteiger partial charge in [-0.3, -0.25) is 9.36 Å². The second-order valence-electron chi connectivity index (χ2n) is 14.8. The van der Waals surface area contributed by atoms with Crippen molar-refractivity contribution in [2.45, 2.75) is 82.2 Å². The van der Waals surface area contributed by atoms with E-state index in [4.69, 9.17) is 18.5 Å². The molecule has 51 heavy (non-hydrogen) atoms. The maximum atomic E-state index is 14.7. The summed E-state index contributed by atoms with van der Waals surface area (Å²) in [5, 5.41) is 19.1. The molecule has 1 aliphatic carbocycles. The Hall–Kier alpha value is -2.19. The zero-order valence-corrected chi connectivity index (χ0v) is 31.8. The molecule has 4 fully saturated rings. The molecular formula is C37H54N3O9PS. The monoisotopic (exact) mass is 747 g/mol. The standard InChI is InChI=1S/C37H54N3O9PS/c1-5-48-50(43,49-6-2)28-13-15-29(16-14-28)51(44,45)40(21-25(3)4)22-33(41)32(19-26-11-8-7-9-12-26)39-36(42)37(17-10-18-38-37)34-27-20-30-31(34)24-47-35(30)46-23-27/h7-9,11-16,25,27,30-35,38,41H,5-6,10,17-24H2,1-4H3,(H,39,42)/t27?,30?,31-,32+,33-,34+,35+,37?/m1/s1. The molecule has 2 bridgehead atoms. The second kappa shape index (κ2) is 16.0. The van der Waals surface area contributed by atoms with Crippen molar-refractivity contribution in [3.05, 3.63) is 60.2 Å². The fourth-order valence-corrected chi connectivity index (χ4v) is 12.0. The lowest BCUT2D eigenvalue weighted by Gasteiger charge is -2.42. The van der Waals surface area contributed by atoms with E-state index in [1.54, 1.807) is 13.8 Å². The van der Waals surface area contributed by atoms with E-state index in [1.807, 2.05) is 44.2 Å². The number of nitrogens with zero attached hydrogens (tertiary/aromatic N) is 1. The van der Waals surface area contributed by atoms with Crippen LogP contribution in [0.25, 0.3) is 0 Å². The summed E-state index contributed by atoms with van der Waals surface area (Å²) in [7, 11) is -7.73. The maximum absolute atomic E-state index is 14.7. The molecule has 4 aliphatic rings. The van der Waals surface area contributed by atoms with Crippen LogP contribution in [0.1, 0.15) is 52.5 Å². The lowest BCUT2D eigenvalue weighted by Crippen LogP contribution is -2.64. The Kier molecular flexibility index (Phi) is 12.1. The lowest BCUT2D eigenvalue weighted by molar-refractivity contribution is -0.169. The maximum Gasteiger partial charge on any atom is 0.361 e. The van der Waals surface area contributed by atoms with Gasteiger partial charge in [0.05, 0.1) is 48.8 Å². The van der Waals surface area contributed by atoms with E-state index in [0.29, 0.717) is 26.1 Å². The Balaban J connectivity index is 1.26. The zero-order valence-electron chi connectivity index (χ0n) is 30.1. The number of benzene rings is 2. The number of aliphatic hydroxyl groups is 1. The number of sulfonamides is 1. The van der Waals surface area contributed by atoms with E-state index in [9.17, 15) is 22.9 Å². The molecule has 8 atom stereocenters. The Bertz CT molecular complexity index is 1630. The third kappa shape index (κ3) is 7.88. The second-order valence-corrected chi connectivity index (χ2v) is 18.7. The van der Waals surface area contributed by atoms with Crippen LogP contribution in [0.2, 0.25) is 0 Å².